The van der Waals surface area contributed by atoms with E-state index in [0.29, 0.717) is 12.1 Å². The van der Waals surface area contributed by atoms with Crippen LogP contribution in [-0.4, -0.2) is 52.1 Å². The second-order valence-corrected chi connectivity index (χ2v) is 9.79. The number of carbonyl (C=O) groups excluding carboxylic acids is 3. The number of benzene rings is 1. The smallest absolute Gasteiger partial charge is 0.266 e. The van der Waals surface area contributed by atoms with Crippen LogP contribution in [0.4, 0.5) is 0 Å². The number of aromatic nitrogens is 2. The Labute approximate surface area is 203 Å². The van der Waals surface area contributed by atoms with Crippen molar-refractivity contribution >= 4 is 17.7 Å². The fourth-order valence-electron chi connectivity index (χ4n) is 6.02. The Morgan fingerprint density at radius 2 is 1.71 bits per heavy atom. The van der Waals surface area contributed by atoms with Gasteiger partial charge in [-0.15, -0.1) is 0 Å². The zero-order valence-corrected chi connectivity index (χ0v) is 20.0. The van der Waals surface area contributed by atoms with E-state index in [9.17, 15) is 19.2 Å². The highest BCUT2D eigenvalue weighted by Gasteiger charge is 2.60. The van der Waals surface area contributed by atoms with Crippen LogP contribution in [0, 0.1) is 23.7 Å². The molecule has 2 aromatic rings. The molecular formula is C26H30N4O5. The molecule has 5 rings (SSSR count). The monoisotopic (exact) mass is 478 g/mol. The lowest BCUT2D eigenvalue weighted by Gasteiger charge is -2.21. The van der Waals surface area contributed by atoms with E-state index in [1.165, 1.54) is 10.7 Å². The van der Waals surface area contributed by atoms with Crippen molar-refractivity contribution in [1.82, 2.24) is 20.0 Å². The molecule has 3 aliphatic rings. The summed E-state index contributed by atoms with van der Waals surface area (Å²) in [7, 11) is 1.59. The summed E-state index contributed by atoms with van der Waals surface area (Å²) in [4.78, 5) is 52.2. The first-order valence-corrected chi connectivity index (χ1v) is 12.3. The van der Waals surface area contributed by atoms with Crippen LogP contribution in [0.5, 0.6) is 5.75 Å². The van der Waals surface area contributed by atoms with Gasteiger partial charge >= 0.3 is 0 Å². The van der Waals surface area contributed by atoms with Gasteiger partial charge in [0, 0.05) is 17.7 Å². The summed E-state index contributed by atoms with van der Waals surface area (Å²) in [6.45, 7) is 1.81. The van der Waals surface area contributed by atoms with E-state index in [2.05, 4.69) is 10.4 Å². The normalized spacial score (nSPS) is 25.6. The van der Waals surface area contributed by atoms with Gasteiger partial charge in [0.05, 0.1) is 31.2 Å². The molecule has 9 heteroatoms. The van der Waals surface area contributed by atoms with Gasteiger partial charge in [-0.3, -0.25) is 24.1 Å². The van der Waals surface area contributed by atoms with Crippen LogP contribution in [0.15, 0.2) is 41.2 Å². The Hall–Kier alpha value is -3.49. The minimum atomic E-state index is -0.398. The van der Waals surface area contributed by atoms with Crippen LogP contribution in [-0.2, 0) is 20.9 Å². The largest absolute Gasteiger partial charge is 0.497 e. The Kier molecular flexibility index (Phi) is 6.17. The lowest BCUT2D eigenvalue weighted by atomic mass is 9.81. The lowest BCUT2D eigenvalue weighted by Crippen LogP contribution is -2.46. The number of hydrogen-bond acceptors (Lipinski definition) is 6. The van der Waals surface area contributed by atoms with Crippen LogP contribution in [0.1, 0.15) is 32.6 Å². The first-order valence-electron chi connectivity index (χ1n) is 12.3. The molecule has 0 radical (unpaired) electrons. The summed E-state index contributed by atoms with van der Waals surface area (Å²) in [5, 5.41) is 7.36. The van der Waals surface area contributed by atoms with E-state index in [1.807, 2.05) is 31.2 Å². The number of nitrogens with zero attached hydrogens (tertiary/aromatic N) is 3. The topological polar surface area (TPSA) is 111 Å². The van der Waals surface area contributed by atoms with E-state index in [0.717, 1.165) is 35.5 Å². The van der Waals surface area contributed by atoms with Gasteiger partial charge in [0.2, 0.25) is 17.7 Å². The summed E-state index contributed by atoms with van der Waals surface area (Å²) < 4.78 is 6.52. The number of fused-ring (bicyclic) bond motifs is 5. The Balaban J connectivity index is 1.24. The average Bonchev–Trinajstić information content (AvgIpc) is 3.55. The number of hydrogen-bond donors (Lipinski definition) is 1. The summed E-state index contributed by atoms with van der Waals surface area (Å²) >= 11 is 0. The maximum atomic E-state index is 12.9. The van der Waals surface area contributed by atoms with Gasteiger partial charge in [0.15, 0.2) is 0 Å². The van der Waals surface area contributed by atoms with Gasteiger partial charge < -0.3 is 10.1 Å². The third-order valence-electron chi connectivity index (χ3n) is 7.82. The Morgan fingerprint density at radius 1 is 1.06 bits per heavy atom. The minimum Gasteiger partial charge on any atom is -0.497 e. The molecule has 1 N–H and O–H groups in total. The molecule has 1 aromatic carbocycles. The van der Waals surface area contributed by atoms with E-state index < -0.39 is 5.91 Å². The van der Waals surface area contributed by atoms with Crippen molar-refractivity contribution in [3.8, 4) is 17.0 Å². The number of ether oxygens (including phenoxy) is 1. The molecule has 2 bridgehead atoms. The molecule has 2 heterocycles. The third-order valence-corrected chi connectivity index (χ3v) is 7.82. The van der Waals surface area contributed by atoms with Crippen molar-refractivity contribution in [2.24, 2.45) is 23.7 Å². The maximum absolute atomic E-state index is 12.9. The van der Waals surface area contributed by atoms with Gasteiger partial charge in [-0.05, 0) is 67.9 Å². The molecule has 3 amide bonds. The fraction of sp³-hybridized carbons (Fsp3) is 0.500. The van der Waals surface area contributed by atoms with Crippen molar-refractivity contribution in [3.63, 3.8) is 0 Å². The van der Waals surface area contributed by atoms with Crippen LogP contribution in [0.3, 0.4) is 0 Å². The van der Waals surface area contributed by atoms with Crippen molar-refractivity contribution in [2.45, 2.75) is 45.2 Å². The summed E-state index contributed by atoms with van der Waals surface area (Å²) in [6, 6.07) is 10.1. The number of carbonyl (C=O) groups is 3. The molecule has 1 aliphatic heterocycles. The molecule has 5 atom stereocenters. The van der Waals surface area contributed by atoms with Crippen LogP contribution in [0.25, 0.3) is 11.3 Å². The van der Waals surface area contributed by atoms with E-state index in [1.54, 1.807) is 13.2 Å². The molecule has 2 aliphatic carbocycles. The number of likely N-dealkylation sites (tertiary alicyclic amines) is 1. The zero-order valence-electron chi connectivity index (χ0n) is 20.0. The molecule has 35 heavy (non-hydrogen) atoms. The van der Waals surface area contributed by atoms with Gasteiger partial charge in [0.1, 0.15) is 12.3 Å². The zero-order chi connectivity index (χ0) is 24.7. The van der Waals surface area contributed by atoms with Crippen molar-refractivity contribution in [2.75, 3.05) is 13.7 Å². The Morgan fingerprint density at radius 3 is 2.31 bits per heavy atom. The fourth-order valence-corrected chi connectivity index (χ4v) is 6.02. The lowest BCUT2D eigenvalue weighted by molar-refractivity contribution is -0.144. The highest BCUT2D eigenvalue weighted by atomic mass is 16.5. The van der Waals surface area contributed by atoms with Gasteiger partial charge in [0.25, 0.3) is 5.56 Å². The van der Waals surface area contributed by atoms with E-state index in [4.69, 9.17) is 4.74 Å². The predicted molar refractivity (Wildman–Crippen MR) is 127 cm³/mol. The molecule has 1 saturated heterocycles. The molecule has 2 saturated carbocycles. The van der Waals surface area contributed by atoms with Crippen LogP contribution < -0.4 is 15.6 Å². The highest BCUT2D eigenvalue weighted by Crippen LogP contribution is 2.56. The number of amides is 3. The minimum absolute atomic E-state index is 0.183. The highest BCUT2D eigenvalue weighted by molar-refractivity contribution is 6.08. The second-order valence-electron chi connectivity index (χ2n) is 9.79. The number of methoxy groups -OCH3 is 1. The molecule has 3 fully saturated rings. The van der Waals surface area contributed by atoms with Gasteiger partial charge in [-0.25, -0.2) is 4.68 Å². The molecule has 1 aromatic heterocycles. The van der Waals surface area contributed by atoms with Crippen LogP contribution in [0.2, 0.25) is 0 Å². The van der Waals surface area contributed by atoms with Gasteiger partial charge in [-0.2, -0.15) is 5.10 Å². The Bertz CT molecular complexity index is 1180. The average molecular weight is 479 g/mol. The predicted octanol–water partition coefficient (Wildman–Crippen LogP) is 1.84. The number of rotatable bonds is 8. The summed E-state index contributed by atoms with van der Waals surface area (Å²) in [5.41, 5.74) is 1.19. The van der Waals surface area contributed by atoms with Crippen molar-refractivity contribution in [3.05, 3.63) is 46.8 Å². The third kappa shape index (κ3) is 4.24. The standard InChI is InChI=1S/C26H30N4O5/c1-3-18(13-30-22(32)11-10-20(28-30)15-6-8-19(35-2)9-7-15)27-21(31)14-29-25(33)23-16-4-5-17(12-16)24(23)26(29)34/h6-11,16-18,23-24H,3-5,12-14H2,1-2H3,(H,27,31)/t16?,17?,18-,23?,24?/m1/s1. The maximum Gasteiger partial charge on any atom is 0.266 e. The van der Waals surface area contributed by atoms with Crippen LogP contribution >= 0.6 is 0 Å². The molecular weight excluding hydrogens is 448 g/mol. The molecule has 9 nitrogen and oxygen atoms in total. The summed E-state index contributed by atoms with van der Waals surface area (Å²) in [6.07, 6.45) is 3.52. The SMILES string of the molecule is CC[C@H](Cn1nc(-c2ccc(OC)cc2)ccc1=O)NC(=O)CN1C(=O)C2C3CCC(C3)C2C1=O. The number of nitrogens with one attached hydrogen (secondary N) is 1. The second kappa shape index (κ2) is 9.28. The molecule has 4 unspecified atom stereocenters. The van der Waals surface area contributed by atoms with E-state index in [-0.39, 0.29) is 60.2 Å². The molecule has 0 spiro atoms. The van der Waals surface area contributed by atoms with Gasteiger partial charge in [-0.1, -0.05) is 6.92 Å². The number of imide groups is 1. The van der Waals surface area contributed by atoms with Crippen molar-refractivity contribution < 1.29 is 19.1 Å². The van der Waals surface area contributed by atoms with Crippen molar-refractivity contribution in [1.29, 1.82) is 0 Å². The quantitative estimate of drug-likeness (QED) is 0.580. The van der Waals surface area contributed by atoms with E-state index >= 15 is 0 Å². The first kappa shape index (κ1) is 23.3. The molecule has 184 valence electrons. The first-order chi connectivity index (χ1) is 16.9. The summed E-state index contributed by atoms with van der Waals surface area (Å²) in [5.74, 6) is 0.0370.